The van der Waals surface area contributed by atoms with Crippen LogP contribution in [0.15, 0.2) is 29.5 Å². The van der Waals surface area contributed by atoms with Crippen molar-refractivity contribution < 1.29 is 9.77 Å². The van der Waals surface area contributed by atoms with Crippen LogP contribution < -0.4 is 0 Å². The lowest BCUT2D eigenvalue weighted by molar-refractivity contribution is -0.486. The maximum absolute atomic E-state index is 11.0. The molecule has 2 atom stereocenters. The second kappa shape index (κ2) is 8.24. The van der Waals surface area contributed by atoms with E-state index in [1.54, 1.807) is 23.2 Å². The van der Waals surface area contributed by atoms with Gasteiger partial charge in [0.25, 0.3) is 5.96 Å². The molecule has 0 saturated carbocycles. The molecule has 2 fully saturated rings. The van der Waals surface area contributed by atoms with Crippen LogP contribution in [0.25, 0.3) is 6.08 Å². The van der Waals surface area contributed by atoms with E-state index in [-0.39, 0.29) is 0 Å². The third kappa shape index (κ3) is 4.47. The monoisotopic (exact) mass is 398 g/mol. The van der Waals surface area contributed by atoms with Gasteiger partial charge in [-0.2, -0.15) is 0 Å². The van der Waals surface area contributed by atoms with Gasteiger partial charge in [0.2, 0.25) is 0 Å². The van der Waals surface area contributed by atoms with Crippen molar-refractivity contribution in [2.24, 2.45) is 16.9 Å². The molecule has 9 heteroatoms. The molecule has 2 heterocycles. The number of halogens is 2. The predicted molar refractivity (Wildman–Crippen MR) is 102 cm³/mol. The lowest BCUT2D eigenvalue weighted by atomic mass is 9.98. The highest BCUT2D eigenvalue weighted by Gasteiger charge is 2.33. The Labute approximate surface area is 162 Å². The highest BCUT2D eigenvalue weighted by molar-refractivity contribution is 6.42. The molecule has 0 aliphatic carbocycles. The van der Waals surface area contributed by atoms with Crippen molar-refractivity contribution in [2.75, 3.05) is 32.8 Å². The Balaban J connectivity index is 1.74. The quantitative estimate of drug-likeness (QED) is 0.561. The van der Waals surface area contributed by atoms with E-state index in [1.807, 2.05) is 17.0 Å². The van der Waals surface area contributed by atoms with Gasteiger partial charge in [0, 0.05) is 38.4 Å². The molecule has 0 aromatic heterocycles. The van der Waals surface area contributed by atoms with Crippen molar-refractivity contribution in [2.45, 2.75) is 6.92 Å². The molecule has 1 aromatic rings. The topological polar surface area (TPSA) is 71.2 Å². The van der Waals surface area contributed by atoms with Crippen LogP contribution in [0.4, 0.5) is 0 Å². The molecule has 2 saturated heterocycles. The fraction of sp³-hybridized carbons (Fsp3) is 0.471. The first-order valence-electron chi connectivity index (χ1n) is 8.39. The first-order chi connectivity index (χ1) is 12.4. The highest BCUT2D eigenvalue weighted by Crippen LogP contribution is 2.25. The van der Waals surface area contributed by atoms with E-state index < -0.39 is 5.03 Å². The number of guanidine groups is 1. The lowest BCUT2D eigenvalue weighted by Crippen LogP contribution is -2.37. The Morgan fingerprint density at radius 3 is 2.81 bits per heavy atom. The van der Waals surface area contributed by atoms with Crippen molar-refractivity contribution in [1.82, 2.24) is 9.80 Å². The molecular formula is C17H20Cl2N4O3. The minimum atomic E-state index is -0.651. The molecule has 0 radical (unpaired) electrons. The summed E-state index contributed by atoms with van der Waals surface area (Å²) in [5.74, 6) is 1.14. The SMILES string of the molecule is CC1COCC1CN1CCN(C=Cc2ccc(Cl)c(Cl)c2)C1=N[N+](=O)[O-]. The summed E-state index contributed by atoms with van der Waals surface area (Å²) in [5.41, 5.74) is 0.858. The predicted octanol–water partition coefficient (Wildman–Crippen LogP) is 3.41. The number of hydrogen-bond acceptors (Lipinski definition) is 3. The second-order valence-electron chi connectivity index (χ2n) is 6.54. The Morgan fingerprint density at radius 1 is 1.35 bits per heavy atom. The maximum atomic E-state index is 11.0. The largest absolute Gasteiger partial charge is 0.381 e. The number of nitrogens with zero attached hydrogens (tertiary/aromatic N) is 4. The van der Waals surface area contributed by atoms with Gasteiger partial charge in [0.1, 0.15) is 5.10 Å². The van der Waals surface area contributed by atoms with Crippen LogP contribution in [0.1, 0.15) is 12.5 Å². The van der Waals surface area contributed by atoms with E-state index in [0.29, 0.717) is 54.1 Å². The fourth-order valence-corrected chi connectivity index (χ4v) is 3.44. The summed E-state index contributed by atoms with van der Waals surface area (Å²) < 4.78 is 5.50. The second-order valence-corrected chi connectivity index (χ2v) is 7.36. The number of hydrogen-bond donors (Lipinski definition) is 0. The first-order valence-corrected chi connectivity index (χ1v) is 9.15. The Kier molecular flexibility index (Phi) is 6.01. The van der Waals surface area contributed by atoms with Gasteiger partial charge >= 0.3 is 0 Å². The third-order valence-corrected chi connectivity index (χ3v) is 5.42. The summed E-state index contributed by atoms with van der Waals surface area (Å²) in [6.45, 7) is 5.57. The number of hydrazone groups is 1. The standard InChI is InChI=1S/C17H20Cl2N4O3/c1-12-10-26-11-14(12)9-22-7-6-21(17(22)20-23(24)25)5-4-13-2-3-15(18)16(19)8-13/h2-5,8,12,14H,6-7,9-11H2,1H3. The van der Waals surface area contributed by atoms with Crippen LogP contribution in [-0.2, 0) is 4.74 Å². The van der Waals surface area contributed by atoms with Gasteiger partial charge in [0.15, 0.2) is 5.03 Å². The van der Waals surface area contributed by atoms with Crippen molar-refractivity contribution >= 4 is 35.2 Å². The molecule has 2 aliphatic rings. The molecule has 0 amide bonds. The molecule has 2 aliphatic heterocycles. The summed E-state index contributed by atoms with van der Waals surface area (Å²) in [7, 11) is 0. The fourth-order valence-electron chi connectivity index (χ4n) is 3.13. The average molecular weight is 399 g/mol. The van der Waals surface area contributed by atoms with Gasteiger partial charge in [-0.25, -0.2) is 10.1 Å². The maximum Gasteiger partial charge on any atom is 0.278 e. The Bertz CT molecular complexity index is 741. The molecule has 140 valence electrons. The zero-order chi connectivity index (χ0) is 18.7. The van der Waals surface area contributed by atoms with E-state index in [2.05, 4.69) is 12.0 Å². The number of nitro groups is 1. The van der Waals surface area contributed by atoms with Crippen molar-refractivity contribution in [3.63, 3.8) is 0 Å². The summed E-state index contributed by atoms with van der Waals surface area (Å²) in [4.78, 5) is 14.7. The molecule has 7 nitrogen and oxygen atoms in total. The highest BCUT2D eigenvalue weighted by atomic mass is 35.5. The molecule has 0 N–H and O–H groups in total. The van der Waals surface area contributed by atoms with Gasteiger partial charge < -0.3 is 14.5 Å². The number of rotatable bonds is 5. The molecule has 2 unspecified atom stereocenters. The number of benzene rings is 1. The van der Waals surface area contributed by atoms with Gasteiger partial charge in [0.05, 0.1) is 16.7 Å². The minimum Gasteiger partial charge on any atom is -0.381 e. The van der Waals surface area contributed by atoms with E-state index in [4.69, 9.17) is 27.9 Å². The van der Waals surface area contributed by atoms with Crippen LogP contribution in [-0.4, -0.2) is 53.6 Å². The summed E-state index contributed by atoms with van der Waals surface area (Å²) in [5, 5.41) is 14.9. The molecule has 26 heavy (non-hydrogen) atoms. The zero-order valence-corrected chi connectivity index (χ0v) is 15.9. The lowest BCUT2D eigenvalue weighted by Gasteiger charge is -2.23. The van der Waals surface area contributed by atoms with E-state index in [1.165, 1.54) is 0 Å². The zero-order valence-electron chi connectivity index (χ0n) is 14.3. The summed E-state index contributed by atoms with van der Waals surface area (Å²) in [6, 6.07) is 5.30. The van der Waals surface area contributed by atoms with E-state index >= 15 is 0 Å². The molecule has 0 spiro atoms. The van der Waals surface area contributed by atoms with Crippen LogP contribution in [0.5, 0.6) is 0 Å². The van der Waals surface area contributed by atoms with Gasteiger partial charge in [-0.1, -0.05) is 36.2 Å². The summed E-state index contributed by atoms with van der Waals surface area (Å²) in [6.07, 6.45) is 3.62. The first kappa shape index (κ1) is 18.9. The average Bonchev–Trinajstić information content (AvgIpc) is 3.16. The number of ether oxygens (including phenoxy) is 1. The molecule has 0 bridgehead atoms. The van der Waals surface area contributed by atoms with Gasteiger partial charge in [-0.05, 0) is 29.7 Å². The van der Waals surface area contributed by atoms with Crippen LogP contribution in [0.2, 0.25) is 10.0 Å². The van der Waals surface area contributed by atoms with Gasteiger partial charge in [-0.3, -0.25) is 0 Å². The molecule has 3 rings (SSSR count). The Hall–Kier alpha value is -1.83. The molecular weight excluding hydrogens is 379 g/mol. The smallest absolute Gasteiger partial charge is 0.278 e. The minimum absolute atomic E-state index is 0.352. The van der Waals surface area contributed by atoms with Crippen molar-refractivity contribution in [3.8, 4) is 0 Å². The van der Waals surface area contributed by atoms with Crippen LogP contribution in [0, 0.1) is 22.0 Å². The van der Waals surface area contributed by atoms with Crippen LogP contribution in [0.3, 0.4) is 0 Å². The van der Waals surface area contributed by atoms with Crippen molar-refractivity contribution in [3.05, 3.63) is 50.1 Å². The normalized spacial score (nSPS) is 25.0. The van der Waals surface area contributed by atoms with E-state index in [9.17, 15) is 10.1 Å². The van der Waals surface area contributed by atoms with E-state index in [0.717, 1.165) is 12.2 Å². The van der Waals surface area contributed by atoms with Crippen molar-refractivity contribution in [1.29, 1.82) is 0 Å². The summed E-state index contributed by atoms with van der Waals surface area (Å²) >= 11 is 11.9. The van der Waals surface area contributed by atoms with Crippen LogP contribution >= 0.6 is 23.2 Å². The molecule has 1 aromatic carbocycles. The third-order valence-electron chi connectivity index (χ3n) is 4.68. The van der Waals surface area contributed by atoms with Gasteiger partial charge in [-0.15, -0.1) is 0 Å². The Morgan fingerprint density at radius 2 is 2.15 bits per heavy atom.